The maximum absolute atomic E-state index is 12.8. The number of ether oxygens (including phenoxy) is 1. The molecule has 9 heteroatoms. The summed E-state index contributed by atoms with van der Waals surface area (Å²) >= 11 is 0. The van der Waals surface area contributed by atoms with Crippen molar-refractivity contribution in [1.82, 2.24) is 15.8 Å². The van der Waals surface area contributed by atoms with Crippen molar-refractivity contribution in [2.24, 2.45) is 5.92 Å². The predicted octanol–water partition coefficient (Wildman–Crippen LogP) is 1.72. The first-order valence-electron chi connectivity index (χ1n) is 10.4. The third-order valence-corrected chi connectivity index (χ3v) is 6.05. The zero-order valence-corrected chi connectivity index (χ0v) is 17.0. The van der Waals surface area contributed by atoms with Crippen molar-refractivity contribution in [1.29, 1.82) is 0 Å². The first kappa shape index (κ1) is 20.2. The minimum atomic E-state index is -0.900. The van der Waals surface area contributed by atoms with E-state index in [0.717, 1.165) is 24.3 Å². The number of nitrogens with zero attached hydrogens (tertiary/aromatic N) is 2. The Morgan fingerprint density at radius 3 is 2.53 bits per heavy atom. The van der Waals surface area contributed by atoms with Gasteiger partial charge < -0.3 is 15.0 Å². The summed E-state index contributed by atoms with van der Waals surface area (Å²) in [5, 5.41) is 3.55. The van der Waals surface area contributed by atoms with E-state index in [4.69, 9.17) is 4.74 Å². The molecule has 1 spiro atoms. The number of nitrogens with one attached hydrogen (secondary N) is 2. The first-order chi connectivity index (χ1) is 14.4. The Kier molecular flexibility index (Phi) is 5.36. The molecular formula is C21H26N4O5. The Morgan fingerprint density at radius 2 is 1.87 bits per heavy atom. The molecule has 1 saturated carbocycles. The van der Waals surface area contributed by atoms with Gasteiger partial charge in [-0.25, -0.2) is 4.79 Å². The fraction of sp³-hybridized carbons (Fsp3) is 0.524. The zero-order chi connectivity index (χ0) is 21.3. The summed E-state index contributed by atoms with van der Waals surface area (Å²) in [4.78, 5) is 51.9. The number of carbonyl (C=O) groups is 4. The lowest BCUT2D eigenvalue weighted by atomic mass is 9.82. The fourth-order valence-electron chi connectivity index (χ4n) is 4.44. The Hall–Kier alpha value is -3.10. The highest BCUT2D eigenvalue weighted by atomic mass is 16.5. The summed E-state index contributed by atoms with van der Waals surface area (Å²) in [6.45, 7) is 2.63. The highest BCUT2D eigenvalue weighted by Gasteiger charge is 2.52. The number of hydrogen-bond acceptors (Lipinski definition) is 5. The van der Waals surface area contributed by atoms with Crippen molar-refractivity contribution >= 4 is 29.4 Å². The molecule has 1 aromatic carbocycles. The molecule has 3 fully saturated rings. The lowest BCUT2D eigenvalue weighted by molar-refractivity contribution is -0.141. The third kappa shape index (κ3) is 3.59. The van der Waals surface area contributed by atoms with Crippen molar-refractivity contribution in [2.75, 3.05) is 18.1 Å². The third-order valence-electron chi connectivity index (χ3n) is 6.05. The van der Waals surface area contributed by atoms with Gasteiger partial charge in [0.2, 0.25) is 11.8 Å². The minimum absolute atomic E-state index is 0.0217. The molecule has 2 heterocycles. The summed E-state index contributed by atoms with van der Waals surface area (Å²) in [5.74, 6) is -1.04. The molecule has 0 aromatic heterocycles. The second kappa shape index (κ2) is 7.97. The van der Waals surface area contributed by atoms with Gasteiger partial charge in [-0.3, -0.25) is 19.8 Å². The molecule has 0 bridgehead atoms. The Labute approximate surface area is 174 Å². The molecule has 9 nitrogen and oxygen atoms in total. The predicted molar refractivity (Wildman–Crippen MR) is 107 cm³/mol. The van der Waals surface area contributed by atoms with Crippen LogP contribution in [0.1, 0.15) is 45.4 Å². The number of benzene rings is 1. The number of rotatable bonds is 5. The molecule has 1 atom stereocenters. The molecule has 0 unspecified atom stereocenters. The van der Waals surface area contributed by atoms with Gasteiger partial charge >= 0.3 is 6.03 Å². The number of hydrazine groups is 1. The zero-order valence-electron chi connectivity index (χ0n) is 17.0. The summed E-state index contributed by atoms with van der Waals surface area (Å²) < 4.78 is 5.41. The quantitative estimate of drug-likeness (QED) is 0.714. The van der Waals surface area contributed by atoms with Crippen molar-refractivity contribution in [3.8, 4) is 5.75 Å². The monoisotopic (exact) mass is 414 g/mol. The highest BCUT2D eigenvalue weighted by Crippen LogP contribution is 2.33. The smallest absolute Gasteiger partial charge is 0.344 e. The number of carbonyl (C=O) groups excluding carboxylic acids is 4. The van der Waals surface area contributed by atoms with E-state index in [2.05, 4.69) is 10.7 Å². The summed E-state index contributed by atoms with van der Waals surface area (Å²) in [7, 11) is 0. The normalized spacial score (nSPS) is 23.1. The van der Waals surface area contributed by atoms with Crippen LogP contribution in [0.2, 0.25) is 0 Å². The lowest BCUT2D eigenvalue weighted by Crippen LogP contribution is -2.52. The topological polar surface area (TPSA) is 108 Å². The molecule has 3 aliphatic rings. The molecule has 4 rings (SSSR count). The van der Waals surface area contributed by atoms with Crippen molar-refractivity contribution < 1.29 is 23.9 Å². The summed E-state index contributed by atoms with van der Waals surface area (Å²) in [5.41, 5.74) is 2.22. The Bertz CT molecular complexity index is 863. The van der Waals surface area contributed by atoms with Crippen LogP contribution in [0.5, 0.6) is 5.75 Å². The second-order valence-corrected chi connectivity index (χ2v) is 8.02. The van der Waals surface area contributed by atoms with Crippen LogP contribution in [-0.2, 0) is 14.4 Å². The molecule has 5 amide bonds. The van der Waals surface area contributed by atoms with Crippen molar-refractivity contribution in [2.45, 2.75) is 51.0 Å². The maximum atomic E-state index is 12.8. The van der Waals surface area contributed by atoms with E-state index in [1.165, 1.54) is 4.90 Å². The van der Waals surface area contributed by atoms with Crippen molar-refractivity contribution in [3.05, 3.63) is 24.3 Å². The average molecular weight is 414 g/mol. The van der Waals surface area contributed by atoms with Crippen LogP contribution >= 0.6 is 0 Å². The number of imide groups is 1. The van der Waals surface area contributed by atoms with Gasteiger partial charge in [-0.05, 0) is 44.0 Å². The van der Waals surface area contributed by atoms with E-state index in [1.807, 2.05) is 6.92 Å². The van der Waals surface area contributed by atoms with Crippen LogP contribution < -0.4 is 20.4 Å². The second-order valence-electron chi connectivity index (χ2n) is 8.02. The Morgan fingerprint density at radius 1 is 1.17 bits per heavy atom. The first-order valence-corrected chi connectivity index (χ1v) is 10.4. The minimum Gasteiger partial charge on any atom is -0.494 e. The molecular weight excluding hydrogens is 388 g/mol. The van der Waals surface area contributed by atoms with E-state index < -0.39 is 29.3 Å². The number of hydrogen-bond donors (Lipinski definition) is 2. The molecule has 160 valence electrons. The van der Waals surface area contributed by atoms with Gasteiger partial charge in [0.25, 0.3) is 5.91 Å². The van der Waals surface area contributed by atoms with E-state index in [-0.39, 0.29) is 18.9 Å². The average Bonchev–Trinajstić information content (AvgIpc) is 3.23. The van der Waals surface area contributed by atoms with Crippen LogP contribution in [0.3, 0.4) is 0 Å². The summed E-state index contributed by atoms with van der Waals surface area (Å²) in [6, 6.07) is 6.48. The molecule has 2 aliphatic heterocycles. The Balaban J connectivity index is 1.40. The fourth-order valence-corrected chi connectivity index (χ4v) is 4.44. The van der Waals surface area contributed by atoms with Crippen LogP contribution in [-0.4, -0.2) is 47.5 Å². The molecule has 1 aromatic rings. The number of urea groups is 1. The summed E-state index contributed by atoms with van der Waals surface area (Å²) in [6.07, 6.45) is 3.94. The number of amides is 5. The van der Waals surface area contributed by atoms with E-state index in [0.29, 0.717) is 30.9 Å². The van der Waals surface area contributed by atoms with Gasteiger partial charge in [-0.2, -0.15) is 5.01 Å². The number of anilines is 1. The van der Waals surface area contributed by atoms with Crippen LogP contribution in [0.15, 0.2) is 24.3 Å². The molecule has 1 aliphatic carbocycles. The van der Waals surface area contributed by atoms with E-state index in [1.54, 1.807) is 24.3 Å². The van der Waals surface area contributed by atoms with Crippen LogP contribution in [0, 0.1) is 5.92 Å². The van der Waals surface area contributed by atoms with Gasteiger partial charge in [-0.15, -0.1) is 0 Å². The lowest BCUT2D eigenvalue weighted by Gasteiger charge is -2.30. The van der Waals surface area contributed by atoms with Gasteiger partial charge in [0.15, 0.2) is 0 Å². The van der Waals surface area contributed by atoms with Gasteiger partial charge in [0.05, 0.1) is 12.5 Å². The van der Waals surface area contributed by atoms with E-state index in [9.17, 15) is 19.2 Å². The maximum Gasteiger partial charge on any atom is 0.344 e. The SMILES string of the molecule is CCOc1ccc(N2C[C@H](C(=O)NN3C(=O)NC4(CCCCC4)C3=O)CC2=O)cc1. The van der Waals surface area contributed by atoms with Crippen molar-refractivity contribution in [3.63, 3.8) is 0 Å². The molecule has 30 heavy (non-hydrogen) atoms. The van der Waals surface area contributed by atoms with Gasteiger partial charge in [-0.1, -0.05) is 19.3 Å². The largest absolute Gasteiger partial charge is 0.494 e. The molecule has 2 N–H and O–H groups in total. The standard InChI is InChI=1S/C21H26N4O5/c1-2-30-16-8-6-15(7-9-16)24-13-14(12-17(24)26)18(27)23-25-19(28)21(22-20(25)29)10-4-3-5-11-21/h6-9,14H,2-5,10-13H2,1H3,(H,22,29)(H,23,27)/t14-/m1/s1. The molecule has 2 saturated heterocycles. The van der Waals surface area contributed by atoms with Crippen LogP contribution in [0.4, 0.5) is 10.5 Å². The van der Waals surface area contributed by atoms with Gasteiger partial charge in [0.1, 0.15) is 11.3 Å². The van der Waals surface area contributed by atoms with E-state index >= 15 is 0 Å². The van der Waals surface area contributed by atoms with Gasteiger partial charge in [0, 0.05) is 18.7 Å². The van der Waals surface area contributed by atoms with Crippen LogP contribution in [0.25, 0.3) is 0 Å². The molecule has 0 radical (unpaired) electrons. The highest BCUT2D eigenvalue weighted by molar-refractivity contribution is 6.08.